The fourth-order valence-electron chi connectivity index (χ4n) is 6.74. The highest BCUT2D eigenvalue weighted by molar-refractivity contribution is 5.69. The van der Waals surface area contributed by atoms with Gasteiger partial charge in [0.2, 0.25) is 0 Å². The van der Waals surface area contributed by atoms with Gasteiger partial charge in [-0.3, -0.25) is 4.79 Å². The first-order valence-corrected chi connectivity index (χ1v) is 21.7. The molecule has 0 amide bonds. The van der Waals surface area contributed by atoms with Crippen LogP contribution < -0.4 is 9.47 Å². The number of hydrogen-bond acceptors (Lipinski definition) is 4. The van der Waals surface area contributed by atoms with Gasteiger partial charge in [0, 0.05) is 12.5 Å². The van der Waals surface area contributed by atoms with Crippen LogP contribution in [-0.4, -0.2) is 25.3 Å². The molecular formula is C45H82O4. The molecule has 0 N–H and O–H groups in total. The molecule has 0 saturated heterocycles. The standard InChI is InChI=1S/C45H82O4/c1-5-9-13-16-19-20-21-22-23-24-25-26-29-32-41-38-43(47-36-37-48-45(46)35-12-8-4)40-44(39-41)49-42(33-30-27-17-14-10-6-2)34-31-28-18-15-11-7-3/h38-40,42H,5-37H2,1-4H3. The molecule has 4 nitrogen and oxygen atoms in total. The van der Waals surface area contributed by atoms with Crippen LogP contribution in [0.1, 0.15) is 226 Å². The zero-order valence-corrected chi connectivity index (χ0v) is 33.3. The molecule has 1 aromatic rings. The van der Waals surface area contributed by atoms with Crippen LogP contribution in [0.3, 0.4) is 0 Å². The SMILES string of the molecule is CCCCCCCCCCCCCCCc1cc(OCCOC(=O)CCCC)cc(OC(CCCCCCCC)CCCCCCCC)c1. The second-order valence-electron chi connectivity index (χ2n) is 14.8. The molecule has 0 saturated carbocycles. The van der Waals surface area contributed by atoms with Crippen LogP contribution in [0.5, 0.6) is 11.5 Å². The van der Waals surface area contributed by atoms with E-state index in [0.29, 0.717) is 19.6 Å². The average molecular weight is 687 g/mol. The molecule has 0 spiro atoms. The minimum Gasteiger partial charge on any atom is -0.490 e. The third-order valence-electron chi connectivity index (χ3n) is 9.92. The number of unbranched alkanes of at least 4 members (excludes halogenated alkanes) is 23. The monoisotopic (exact) mass is 687 g/mol. The van der Waals surface area contributed by atoms with Gasteiger partial charge < -0.3 is 14.2 Å². The third kappa shape index (κ3) is 28.7. The highest BCUT2D eigenvalue weighted by Crippen LogP contribution is 2.28. The minimum absolute atomic E-state index is 0.127. The largest absolute Gasteiger partial charge is 0.490 e. The number of rotatable bonds is 37. The van der Waals surface area contributed by atoms with Crippen molar-refractivity contribution in [1.82, 2.24) is 0 Å². The maximum absolute atomic E-state index is 12.0. The van der Waals surface area contributed by atoms with Crippen molar-refractivity contribution < 1.29 is 19.0 Å². The van der Waals surface area contributed by atoms with Gasteiger partial charge in [-0.2, -0.15) is 0 Å². The van der Waals surface area contributed by atoms with E-state index in [2.05, 4.69) is 45.9 Å². The molecule has 0 heterocycles. The van der Waals surface area contributed by atoms with Gasteiger partial charge >= 0.3 is 5.97 Å². The smallest absolute Gasteiger partial charge is 0.305 e. The summed E-state index contributed by atoms with van der Waals surface area (Å²) in [6, 6.07) is 6.53. The summed E-state index contributed by atoms with van der Waals surface area (Å²) < 4.78 is 18.4. The summed E-state index contributed by atoms with van der Waals surface area (Å²) in [5.41, 5.74) is 1.30. The molecule has 0 fully saturated rings. The van der Waals surface area contributed by atoms with E-state index >= 15 is 0 Å². The predicted molar refractivity (Wildman–Crippen MR) is 212 cm³/mol. The molecule has 4 heteroatoms. The second-order valence-corrected chi connectivity index (χ2v) is 14.8. The van der Waals surface area contributed by atoms with E-state index in [-0.39, 0.29) is 12.1 Å². The van der Waals surface area contributed by atoms with Crippen molar-refractivity contribution in [3.05, 3.63) is 23.8 Å². The van der Waals surface area contributed by atoms with Crippen LogP contribution in [0.15, 0.2) is 18.2 Å². The summed E-state index contributed by atoms with van der Waals surface area (Å²) in [6.07, 6.45) is 39.6. The van der Waals surface area contributed by atoms with Crippen LogP contribution in [-0.2, 0) is 16.0 Å². The quantitative estimate of drug-likeness (QED) is 0.0516. The van der Waals surface area contributed by atoms with E-state index < -0.39 is 0 Å². The van der Waals surface area contributed by atoms with Gasteiger partial charge in [-0.05, 0) is 62.6 Å². The number of carbonyl (C=O) groups excluding carboxylic acids is 1. The second kappa shape index (κ2) is 34.7. The van der Waals surface area contributed by atoms with Crippen molar-refractivity contribution >= 4 is 5.97 Å². The number of hydrogen-bond donors (Lipinski definition) is 0. The number of aryl methyl sites for hydroxylation is 1. The van der Waals surface area contributed by atoms with Crippen LogP contribution in [0.2, 0.25) is 0 Å². The molecular weight excluding hydrogens is 604 g/mol. The topological polar surface area (TPSA) is 44.8 Å². The Kier molecular flexibility index (Phi) is 32.1. The maximum atomic E-state index is 12.0. The average Bonchev–Trinajstić information content (AvgIpc) is 3.10. The van der Waals surface area contributed by atoms with E-state index in [1.54, 1.807) is 0 Å². The highest BCUT2D eigenvalue weighted by Gasteiger charge is 2.13. The Morgan fingerprint density at radius 3 is 1.41 bits per heavy atom. The van der Waals surface area contributed by atoms with Gasteiger partial charge in [0.25, 0.3) is 0 Å². The Bertz CT molecular complexity index is 836. The molecule has 49 heavy (non-hydrogen) atoms. The molecule has 1 rings (SSSR count). The van der Waals surface area contributed by atoms with Crippen molar-refractivity contribution in [3.8, 4) is 11.5 Å². The molecule has 0 bridgehead atoms. The maximum Gasteiger partial charge on any atom is 0.305 e. The van der Waals surface area contributed by atoms with E-state index in [1.807, 2.05) is 0 Å². The Morgan fingerprint density at radius 2 is 0.918 bits per heavy atom. The first kappa shape index (κ1) is 45.3. The van der Waals surface area contributed by atoms with Crippen LogP contribution >= 0.6 is 0 Å². The van der Waals surface area contributed by atoms with Crippen molar-refractivity contribution in [2.45, 2.75) is 233 Å². The fraction of sp³-hybridized carbons (Fsp3) is 0.844. The highest BCUT2D eigenvalue weighted by atomic mass is 16.6. The molecule has 0 aliphatic rings. The Balaban J connectivity index is 2.69. The van der Waals surface area contributed by atoms with Gasteiger partial charge in [0.1, 0.15) is 24.7 Å². The van der Waals surface area contributed by atoms with Crippen molar-refractivity contribution in [2.24, 2.45) is 0 Å². The van der Waals surface area contributed by atoms with Crippen molar-refractivity contribution in [3.63, 3.8) is 0 Å². The number of carbonyl (C=O) groups is 1. The molecule has 1 aromatic carbocycles. The van der Waals surface area contributed by atoms with E-state index in [9.17, 15) is 4.79 Å². The first-order valence-electron chi connectivity index (χ1n) is 21.7. The zero-order valence-electron chi connectivity index (χ0n) is 33.3. The minimum atomic E-state index is -0.127. The van der Waals surface area contributed by atoms with Gasteiger partial charge in [-0.1, -0.05) is 175 Å². The molecule has 0 aromatic heterocycles. The van der Waals surface area contributed by atoms with Gasteiger partial charge in [0.15, 0.2) is 0 Å². The van der Waals surface area contributed by atoms with Crippen molar-refractivity contribution in [1.29, 1.82) is 0 Å². The molecule has 0 unspecified atom stereocenters. The molecule has 0 aliphatic heterocycles. The lowest BCUT2D eigenvalue weighted by molar-refractivity contribution is -0.144. The van der Waals surface area contributed by atoms with E-state index in [4.69, 9.17) is 14.2 Å². The fourth-order valence-corrected chi connectivity index (χ4v) is 6.74. The summed E-state index contributed by atoms with van der Waals surface area (Å²) in [7, 11) is 0. The molecule has 0 atom stereocenters. The molecule has 0 radical (unpaired) electrons. The Labute approximate surface area is 305 Å². The summed E-state index contributed by atoms with van der Waals surface area (Å²) in [5, 5.41) is 0. The summed E-state index contributed by atoms with van der Waals surface area (Å²) >= 11 is 0. The number of ether oxygens (including phenoxy) is 3. The Hall–Kier alpha value is -1.71. The Morgan fingerprint density at radius 1 is 0.490 bits per heavy atom. The molecule has 0 aliphatic carbocycles. The van der Waals surface area contributed by atoms with Gasteiger partial charge in [-0.25, -0.2) is 0 Å². The van der Waals surface area contributed by atoms with Crippen molar-refractivity contribution in [2.75, 3.05) is 13.2 Å². The van der Waals surface area contributed by atoms with E-state index in [1.165, 1.54) is 166 Å². The van der Waals surface area contributed by atoms with Crippen LogP contribution in [0.25, 0.3) is 0 Å². The van der Waals surface area contributed by atoms with Gasteiger partial charge in [-0.15, -0.1) is 0 Å². The lowest BCUT2D eigenvalue weighted by atomic mass is 10.0. The van der Waals surface area contributed by atoms with Crippen LogP contribution in [0.4, 0.5) is 0 Å². The van der Waals surface area contributed by atoms with E-state index in [0.717, 1.165) is 43.6 Å². The normalized spacial score (nSPS) is 11.4. The number of benzene rings is 1. The zero-order chi connectivity index (χ0) is 35.5. The summed E-state index contributed by atoms with van der Waals surface area (Å²) in [6.45, 7) is 9.62. The van der Waals surface area contributed by atoms with Crippen LogP contribution in [0, 0.1) is 0 Å². The molecule has 286 valence electrons. The summed E-state index contributed by atoms with van der Waals surface area (Å²) in [5.74, 6) is 1.66. The third-order valence-corrected chi connectivity index (χ3v) is 9.92. The lowest BCUT2D eigenvalue weighted by Crippen LogP contribution is -2.17. The van der Waals surface area contributed by atoms with Gasteiger partial charge in [0.05, 0.1) is 6.10 Å². The predicted octanol–water partition coefficient (Wildman–Crippen LogP) is 14.7. The number of esters is 1. The summed E-state index contributed by atoms with van der Waals surface area (Å²) in [4.78, 5) is 12.0. The lowest BCUT2D eigenvalue weighted by Gasteiger charge is -2.21. The first-order chi connectivity index (χ1) is 24.1.